The molecule has 2 aliphatic heterocycles. The van der Waals surface area contributed by atoms with Crippen LogP contribution in [-0.2, 0) is 24.4 Å². The molecule has 0 spiro atoms. The normalized spacial score (nSPS) is 18.3. The van der Waals surface area contributed by atoms with E-state index in [9.17, 15) is 9.59 Å². The molecular weight excluding hydrogens is 510 g/mol. The Bertz CT molecular complexity index is 1400. The zero-order chi connectivity index (χ0) is 27.7. The molecule has 1 fully saturated rings. The molecule has 0 radical (unpaired) electrons. The first-order chi connectivity index (χ1) is 18.8. The standard InChI is InChI=1S/C30H35N5O3S/c1-20-14-21(28(36)34-18-24-9-7-13-33(24)17-23-8-5-6-10-26(23)34)11-12-22(20)16-31-30(37)35-19-25(38-4)15-27(35)29(39)32(2)3/h5-14,25,27H,15-19H2,1-4H3,(H,31,37)/t25-,27+/m1/s1. The number of anilines is 1. The Morgan fingerprint density at radius 1 is 1.10 bits per heavy atom. The molecular formula is C30H35N5O3S. The highest BCUT2D eigenvalue weighted by Gasteiger charge is 2.38. The molecule has 204 valence electrons. The van der Waals surface area contributed by atoms with Crippen molar-refractivity contribution < 1.29 is 14.3 Å². The first kappa shape index (κ1) is 26.9. The molecule has 39 heavy (non-hydrogen) atoms. The Morgan fingerprint density at radius 3 is 2.64 bits per heavy atom. The third-order valence-electron chi connectivity index (χ3n) is 7.71. The van der Waals surface area contributed by atoms with Gasteiger partial charge in [-0.25, -0.2) is 4.79 Å². The van der Waals surface area contributed by atoms with Gasteiger partial charge in [0.2, 0.25) is 0 Å². The molecule has 1 saturated heterocycles. The summed E-state index contributed by atoms with van der Waals surface area (Å²) in [5.74, 6) is -0.0431. The molecule has 3 amide bonds. The number of ether oxygens (including phenoxy) is 1. The number of carbonyl (C=O) groups excluding carboxylic acids is 2. The van der Waals surface area contributed by atoms with Crippen molar-refractivity contribution in [3.05, 3.63) is 88.7 Å². The Labute approximate surface area is 235 Å². The molecule has 5 rings (SSSR count). The van der Waals surface area contributed by atoms with Crippen LogP contribution in [0.25, 0.3) is 0 Å². The average Bonchev–Trinajstić information content (AvgIpc) is 3.54. The number of likely N-dealkylation sites (tertiary alicyclic amines) is 1. The van der Waals surface area contributed by atoms with Crippen molar-refractivity contribution >= 4 is 34.8 Å². The number of para-hydroxylation sites is 1. The number of carbonyl (C=O) groups is 2. The number of thiocarbonyl (C=S) groups is 1. The Morgan fingerprint density at radius 2 is 1.90 bits per heavy atom. The summed E-state index contributed by atoms with van der Waals surface area (Å²) in [7, 11) is 5.45. The Kier molecular flexibility index (Phi) is 7.72. The Balaban J connectivity index is 1.30. The van der Waals surface area contributed by atoms with Crippen LogP contribution in [0.1, 0.15) is 39.2 Å². The van der Waals surface area contributed by atoms with E-state index in [0.29, 0.717) is 36.6 Å². The van der Waals surface area contributed by atoms with Crippen molar-refractivity contribution in [3.63, 3.8) is 0 Å². The van der Waals surface area contributed by atoms with Gasteiger partial charge in [-0.1, -0.05) is 36.5 Å². The van der Waals surface area contributed by atoms with Gasteiger partial charge in [0.05, 0.1) is 18.7 Å². The van der Waals surface area contributed by atoms with Crippen molar-refractivity contribution in [2.24, 2.45) is 0 Å². The zero-order valence-corrected chi connectivity index (χ0v) is 23.7. The topological polar surface area (TPSA) is 70.1 Å². The molecule has 0 bridgehead atoms. The predicted molar refractivity (Wildman–Crippen MR) is 156 cm³/mol. The quantitative estimate of drug-likeness (QED) is 0.487. The summed E-state index contributed by atoms with van der Waals surface area (Å²) in [5.41, 5.74) is 5.67. The minimum absolute atomic E-state index is 0.0431. The molecule has 2 aromatic carbocycles. The summed E-state index contributed by atoms with van der Waals surface area (Å²) in [4.78, 5) is 33.1. The SMILES string of the molecule is CO[C@@H]1C[C@@H](C(=S)N(C)C)N(C(=O)NCc2ccc(C(=O)N3Cc4cccn4Cc4ccccc43)cc2C)C1. The number of fused-ring (bicyclic) bond motifs is 2. The van der Waals surface area contributed by atoms with Gasteiger partial charge in [0.1, 0.15) is 4.99 Å². The Hall–Kier alpha value is -3.69. The summed E-state index contributed by atoms with van der Waals surface area (Å²) < 4.78 is 7.72. The fourth-order valence-corrected chi connectivity index (χ4v) is 5.67. The number of rotatable bonds is 5. The number of amides is 3. The van der Waals surface area contributed by atoms with Crippen LogP contribution in [-0.4, -0.2) is 71.2 Å². The second-order valence-corrected chi connectivity index (χ2v) is 10.9. The third kappa shape index (κ3) is 5.42. The number of hydrogen-bond donors (Lipinski definition) is 1. The molecule has 2 atom stereocenters. The van der Waals surface area contributed by atoms with Gasteiger partial charge >= 0.3 is 6.03 Å². The number of hydrogen-bond acceptors (Lipinski definition) is 4. The lowest BCUT2D eigenvalue weighted by atomic mass is 10.0. The van der Waals surface area contributed by atoms with Gasteiger partial charge < -0.3 is 29.3 Å². The number of aryl methyl sites for hydroxylation is 1. The van der Waals surface area contributed by atoms with Crippen LogP contribution in [0.5, 0.6) is 0 Å². The van der Waals surface area contributed by atoms with E-state index in [1.807, 2.05) is 73.3 Å². The van der Waals surface area contributed by atoms with E-state index in [2.05, 4.69) is 28.2 Å². The number of nitrogens with one attached hydrogen (secondary N) is 1. The molecule has 1 N–H and O–H groups in total. The van der Waals surface area contributed by atoms with Crippen LogP contribution in [0.3, 0.4) is 0 Å². The molecule has 8 nitrogen and oxygen atoms in total. The zero-order valence-electron chi connectivity index (χ0n) is 22.9. The van der Waals surface area contributed by atoms with Crippen LogP contribution >= 0.6 is 12.2 Å². The van der Waals surface area contributed by atoms with E-state index in [1.54, 1.807) is 12.0 Å². The van der Waals surface area contributed by atoms with E-state index in [-0.39, 0.29) is 24.1 Å². The maximum atomic E-state index is 13.8. The lowest BCUT2D eigenvalue weighted by molar-refractivity contribution is 0.0984. The molecule has 3 aromatic rings. The van der Waals surface area contributed by atoms with Gasteiger partial charge in [0.15, 0.2) is 0 Å². The maximum absolute atomic E-state index is 13.8. The van der Waals surface area contributed by atoms with Gasteiger partial charge in [0, 0.05) is 70.4 Å². The number of benzene rings is 2. The van der Waals surface area contributed by atoms with Crippen molar-refractivity contribution in [3.8, 4) is 0 Å². The highest BCUT2D eigenvalue weighted by atomic mass is 32.1. The first-order valence-corrected chi connectivity index (χ1v) is 13.6. The van der Waals surface area contributed by atoms with Crippen LogP contribution in [0, 0.1) is 6.92 Å². The smallest absolute Gasteiger partial charge is 0.318 e. The van der Waals surface area contributed by atoms with Crippen molar-refractivity contribution in [1.29, 1.82) is 0 Å². The lowest BCUT2D eigenvalue weighted by Crippen LogP contribution is -2.48. The second kappa shape index (κ2) is 11.2. The van der Waals surface area contributed by atoms with Gasteiger partial charge in [-0.15, -0.1) is 0 Å². The van der Waals surface area contributed by atoms with Crippen molar-refractivity contribution in [2.45, 2.75) is 45.1 Å². The summed E-state index contributed by atoms with van der Waals surface area (Å²) in [6.45, 7) is 4.07. The second-order valence-electron chi connectivity index (χ2n) is 10.4. The minimum atomic E-state index is -0.182. The fraction of sp³-hybridized carbons (Fsp3) is 0.367. The third-order valence-corrected chi connectivity index (χ3v) is 8.35. The molecule has 1 aromatic heterocycles. The van der Waals surface area contributed by atoms with Crippen LogP contribution in [0.15, 0.2) is 60.8 Å². The molecule has 0 aliphatic carbocycles. The summed E-state index contributed by atoms with van der Waals surface area (Å²) >= 11 is 5.59. The molecule has 3 heterocycles. The lowest BCUT2D eigenvalue weighted by Gasteiger charge is -2.28. The van der Waals surface area contributed by atoms with Crippen molar-refractivity contribution in [2.75, 3.05) is 32.6 Å². The van der Waals surface area contributed by atoms with E-state index in [4.69, 9.17) is 17.0 Å². The van der Waals surface area contributed by atoms with Crippen LogP contribution in [0.2, 0.25) is 0 Å². The van der Waals surface area contributed by atoms with Crippen LogP contribution in [0.4, 0.5) is 10.5 Å². The fourth-order valence-electron chi connectivity index (χ4n) is 5.45. The highest BCUT2D eigenvalue weighted by molar-refractivity contribution is 7.80. The summed E-state index contributed by atoms with van der Waals surface area (Å²) in [6, 6.07) is 17.5. The molecule has 9 heteroatoms. The predicted octanol–water partition coefficient (Wildman–Crippen LogP) is 4.19. The van der Waals surface area contributed by atoms with E-state index in [0.717, 1.165) is 34.6 Å². The van der Waals surface area contributed by atoms with Crippen LogP contribution < -0.4 is 10.2 Å². The van der Waals surface area contributed by atoms with Gasteiger partial charge in [-0.3, -0.25) is 4.79 Å². The van der Waals surface area contributed by atoms with E-state index in [1.165, 1.54) is 0 Å². The number of likely N-dealkylation sites (N-methyl/N-ethyl adjacent to an activating group) is 1. The number of urea groups is 1. The van der Waals surface area contributed by atoms with Gasteiger partial charge in [-0.2, -0.15) is 0 Å². The number of nitrogens with zero attached hydrogens (tertiary/aromatic N) is 4. The first-order valence-electron chi connectivity index (χ1n) is 13.2. The van der Waals surface area contributed by atoms with E-state index >= 15 is 0 Å². The monoisotopic (exact) mass is 545 g/mol. The summed E-state index contributed by atoms with van der Waals surface area (Å²) in [5, 5.41) is 3.05. The largest absolute Gasteiger partial charge is 0.380 e. The highest BCUT2D eigenvalue weighted by Crippen LogP contribution is 2.29. The molecule has 2 aliphatic rings. The van der Waals surface area contributed by atoms with Gasteiger partial charge in [-0.05, 0) is 53.9 Å². The van der Waals surface area contributed by atoms with Gasteiger partial charge in [0.25, 0.3) is 5.91 Å². The van der Waals surface area contributed by atoms with E-state index < -0.39 is 0 Å². The number of aromatic nitrogens is 1. The average molecular weight is 546 g/mol. The van der Waals surface area contributed by atoms with Crippen molar-refractivity contribution in [1.82, 2.24) is 19.7 Å². The minimum Gasteiger partial charge on any atom is -0.380 e. The molecule has 0 saturated carbocycles. The molecule has 0 unspecified atom stereocenters. The maximum Gasteiger partial charge on any atom is 0.318 e. The number of methoxy groups -OCH3 is 1. The summed E-state index contributed by atoms with van der Waals surface area (Å²) in [6.07, 6.45) is 2.69.